The van der Waals surface area contributed by atoms with E-state index in [1.807, 2.05) is 32.9 Å². The van der Waals surface area contributed by atoms with Crippen LogP contribution in [0.2, 0.25) is 0 Å². The third kappa shape index (κ3) is 4.26. The zero-order valence-corrected chi connectivity index (χ0v) is 18.2. The van der Waals surface area contributed by atoms with Gasteiger partial charge in [-0.3, -0.25) is 4.79 Å². The van der Waals surface area contributed by atoms with Crippen LogP contribution in [0, 0.1) is 26.7 Å². The number of furan rings is 1. The highest BCUT2D eigenvalue weighted by Gasteiger charge is 2.22. The van der Waals surface area contributed by atoms with Crippen molar-refractivity contribution in [1.82, 2.24) is 20.4 Å². The molecule has 3 aromatic rings. The van der Waals surface area contributed by atoms with Gasteiger partial charge in [0.15, 0.2) is 0 Å². The van der Waals surface area contributed by atoms with Gasteiger partial charge in [0.05, 0.1) is 22.3 Å². The molecule has 1 unspecified atom stereocenters. The van der Waals surface area contributed by atoms with Crippen molar-refractivity contribution in [3.63, 3.8) is 0 Å². The topological polar surface area (TPSA) is 84.4 Å². The molecule has 0 saturated carbocycles. The smallest absolute Gasteiger partial charge is 0.259 e. The van der Waals surface area contributed by atoms with Crippen LogP contribution < -0.4 is 5.32 Å². The molecule has 160 valence electrons. The molecular weight excluding hydrogens is 380 g/mol. The number of nitrogens with zero attached hydrogens (tertiary/aromatic N) is 3. The summed E-state index contributed by atoms with van der Waals surface area (Å²) >= 11 is 0. The minimum Gasteiger partial charge on any atom is -0.466 e. The van der Waals surface area contributed by atoms with Crippen molar-refractivity contribution in [1.29, 1.82) is 0 Å². The SMILES string of the molecule is Cc1cc(-c2cc(C(=O)NCC(C)CN3CCCCC3)c3c(C)noc3n2)c(C)o1. The third-order valence-electron chi connectivity index (χ3n) is 5.81. The molecule has 4 heterocycles. The molecule has 0 spiro atoms. The molecule has 0 bridgehead atoms. The zero-order chi connectivity index (χ0) is 21.3. The fourth-order valence-corrected chi connectivity index (χ4v) is 4.31. The molecular formula is C23H30N4O3. The summed E-state index contributed by atoms with van der Waals surface area (Å²) in [6, 6.07) is 3.74. The molecule has 3 aromatic heterocycles. The lowest BCUT2D eigenvalue weighted by Gasteiger charge is -2.29. The average molecular weight is 411 g/mol. The van der Waals surface area contributed by atoms with Crippen molar-refractivity contribution >= 4 is 17.0 Å². The van der Waals surface area contributed by atoms with Gasteiger partial charge in [0.25, 0.3) is 11.6 Å². The summed E-state index contributed by atoms with van der Waals surface area (Å²) in [6.07, 6.45) is 3.88. The molecule has 1 saturated heterocycles. The maximum atomic E-state index is 13.1. The fraction of sp³-hybridized carbons (Fsp3) is 0.522. The maximum absolute atomic E-state index is 13.1. The number of hydrogen-bond donors (Lipinski definition) is 1. The van der Waals surface area contributed by atoms with E-state index in [9.17, 15) is 4.79 Å². The van der Waals surface area contributed by atoms with E-state index in [-0.39, 0.29) is 5.91 Å². The molecule has 4 rings (SSSR count). The maximum Gasteiger partial charge on any atom is 0.259 e. The minimum absolute atomic E-state index is 0.127. The van der Waals surface area contributed by atoms with Crippen molar-refractivity contribution in [2.45, 2.75) is 47.0 Å². The van der Waals surface area contributed by atoms with Crippen molar-refractivity contribution in [3.05, 3.63) is 34.9 Å². The second-order valence-corrected chi connectivity index (χ2v) is 8.51. The quantitative estimate of drug-likeness (QED) is 0.654. The highest BCUT2D eigenvalue weighted by molar-refractivity contribution is 6.07. The van der Waals surface area contributed by atoms with E-state index in [1.54, 1.807) is 0 Å². The zero-order valence-electron chi connectivity index (χ0n) is 18.2. The molecule has 1 fully saturated rings. The van der Waals surface area contributed by atoms with Crippen LogP contribution in [0.4, 0.5) is 0 Å². The highest BCUT2D eigenvalue weighted by Crippen LogP contribution is 2.30. The first kappa shape index (κ1) is 20.6. The van der Waals surface area contributed by atoms with E-state index in [0.29, 0.717) is 40.5 Å². The van der Waals surface area contributed by atoms with E-state index in [0.717, 1.165) is 36.7 Å². The standard InChI is InChI=1S/C23H30N4O3/c1-14(13-27-8-6-5-7-9-27)12-24-22(28)19-11-20(18-10-15(2)29-17(18)4)25-23-21(19)16(3)26-30-23/h10-11,14H,5-9,12-13H2,1-4H3,(H,24,28). The number of pyridine rings is 1. The number of carbonyl (C=O) groups is 1. The van der Waals surface area contributed by atoms with Gasteiger partial charge in [-0.2, -0.15) is 0 Å². The highest BCUT2D eigenvalue weighted by atomic mass is 16.5. The summed E-state index contributed by atoms with van der Waals surface area (Å²) in [7, 11) is 0. The van der Waals surface area contributed by atoms with Gasteiger partial charge in [-0.15, -0.1) is 0 Å². The van der Waals surface area contributed by atoms with Crippen LogP contribution in [0.3, 0.4) is 0 Å². The fourth-order valence-electron chi connectivity index (χ4n) is 4.31. The van der Waals surface area contributed by atoms with Crippen LogP contribution in [-0.4, -0.2) is 47.1 Å². The number of piperidine rings is 1. The number of likely N-dealkylation sites (tertiary alicyclic amines) is 1. The number of rotatable bonds is 6. The van der Waals surface area contributed by atoms with E-state index < -0.39 is 0 Å². The number of fused-ring (bicyclic) bond motifs is 1. The minimum atomic E-state index is -0.127. The molecule has 1 atom stereocenters. The first-order valence-corrected chi connectivity index (χ1v) is 10.8. The van der Waals surface area contributed by atoms with Crippen molar-refractivity contribution < 1.29 is 13.7 Å². The molecule has 1 aliphatic heterocycles. The Kier molecular flexibility index (Phi) is 5.90. The van der Waals surface area contributed by atoms with Crippen molar-refractivity contribution in [2.75, 3.05) is 26.2 Å². The Hall–Kier alpha value is -2.67. The summed E-state index contributed by atoms with van der Waals surface area (Å²) in [5.74, 6) is 1.82. The van der Waals surface area contributed by atoms with E-state index in [1.165, 1.54) is 19.3 Å². The van der Waals surface area contributed by atoms with E-state index in [4.69, 9.17) is 8.94 Å². The van der Waals surface area contributed by atoms with Gasteiger partial charge < -0.3 is 19.2 Å². The number of carbonyl (C=O) groups excluding carboxylic acids is 1. The van der Waals surface area contributed by atoms with Gasteiger partial charge >= 0.3 is 0 Å². The third-order valence-corrected chi connectivity index (χ3v) is 5.81. The number of nitrogens with one attached hydrogen (secondary N) is 1. The van der Waals surface area contributed by atoms with Gasteiger partial charge in [0, 0.05) is 18.7 Å². The van der Waals surface area contributed by atoms with Crippen LogP contribution in [0.5, 0.6) is 0 Å². The Labute approximate surface area is 176 Å². The van der Waals surface area contributed by atoms with Gasteiger partial charge in [0.2, 0.25) is 0 Å². The van der Waals surface area contributed by atoms with Gasteiger partial charge in [-0.1, -0.05) is 18.5 Å². The first-order chi connectivity index (χ1) is 14.4. The Bertz CT molecular complexity index is 1050. The molecule has 1 amide bonds. The molecule has 1 N–H and O–H groups in total. The predicted molar refractivity (Wildman–Crippen MR) is 116 cm³/mol. The lowest BCUT2D eigenvalue weighted by atomic mass is 10.0. The number of aryl methyl sites for hydroxylation is 3. The summed E-state index contributed by atoms with van der Waals surface area (Å²) in [6.45, 7) is 11.8. The Morgan fingerprint density at radius 2 is 1.97 bits per heavy atom. The molecule has 0 radical (unpaired) electrons. The van der Waals surface area contributed by atoms with Gasteiger partial charge in [-0.25, -0.2) is 4.98 Å². The lowest BCUT2D eigenvalue weighted by molar-refractivity contribution is 0.0944. The van der Waals surface area contributed by atoms with Crippen LogP contribution in [0.1, 0.15) is 53.8 Å². The van der Waals surface area contributed by atoms with Gasteiger partial charge in [0.1, 0.15) is 11.5 Å². The average Bonchev–Trinajstić information content (AvgIpc) is 3.27. The molecule has 30 heavy (non-hydrogen) atoms. The largest absolute Gasteiger partial charge is 0.466 e. The van der Waals surface area contributed by atoms with Crippen LogP contribution in [-0.2, 0) is 0 Å². The van der Waals surface area contributed by atoms with Gasteiger partial charge in [-0.05, 0) is 64.8 Å². The number of amides is 1. The summed E-state index contributed by atoms with van der Waals surface area (Å²) < 4.78 is 11.0. The molecule has 7 nitrogen and oxygen atoms in total. The number of hydrogen-bond acceptors (Lipinski definition) is 6. The van der Waals surface area contributed by atoms with E-state index in [2.05, 4.69) is 27.3 Å². The van der Waals surface area contributed by atoms with Crippen molar-refractivity contribution in [3.8, 4) is 11.3 Å². The predicted octanol–water partition coefficient (Wildman–Crippen LogP) is 4.26. The first-order valence-electron chi connectivity index (χ1n) is 10.8. The Balaban J connectivity index is 1.55. The lowest BCUT2D eigenvalue weighted by Crippen LogP contribution is -2.38. The van der Waals surface area contributed by atoms with Crippen molar-refractivity contribution in [2.24, 2.45) is 5.92 Å². The van der Waals surface area contributed by atoms with Crippen LogP contribution >= 0.6 is 0 Å². The molecule has 0 aromatic carbocycles. The molecule has 7 heteroatoms. The summed E-state index contributed by atoms with van der Waals surface area (Å²) in [5, 5.41) is 7.80. The van der Waals surface area contributed by atoms with Crippen LogP contribution in [0.25, 0.3) is 22.4 Å². The van der Waals surface area contributed by atoms with Crippen LogP contribution in [0.15, 0.2) is 21.1 Å². The number of aromatic nitrogens is 2. The Morgan fingerprint density at radius 3 is 2.67 bits per heavy atom. The second-order valence-electron chi connectivity index (χ2n) is 8.51. The Morgan fingerprint density at radius 1 is 1.20 bits per heavy atom. The molecule has 1 aliphatic rings. The summed E-state index contributed by atoms with van der Waals surface area (Å²) in [4.78, 5) is 20.2. The monoisotopic (exact) mass is 410 g/mol. The summed E-state index contributed by atoms with van der Waals surface area (Å²) in [5.41, 5.74) is 3.08. The normalized spacial score (nSPS) is 16.1. The second kappa shape index (κ2) is 8.60. The molecule has 0 aliphatic carbocycles. The van der Waals surface area contributed by atoms with E-state index >= 15 is 0 Å².